The Labute approximate surface area is 156 Å². The summed E-state index contributed by atoms with van der Waals surface area (Å²) in [5.74, 6) is 1.30. The second-order valence-electron chi connectivity index (χ2n) is 6.23. The van der Waals surface area contributed by atoms with Gasteiger partial charge in [-0.1, -0.05) is 0 Å². The standard InChI is InChI=1S/C19H20N6O2/c1-3-20-19(26)24-17-7-5-13-18(23-17)22-14(11-21-13)12-4-6-16-15(10-12)25(2)8-9-27-16/h4-7,10-11H,3,8-9H2,1-2H3,(H2,20,22,23,24,26). The van der Waals surface area contributed by atoms with Gasteiger partial charge in [0.2, 0.25) is 0 Å². The van der Waals surface area contributed by atoms with Crippen LogP contribution in [0.2, 0.25) is 0 Å². The lowest BCUT2D eigenvalue weighted by Gasteiger charge is -2.28. The number of fused-ring (bicyclic) bond motifs is 2. The van der Waals surface area contributed by atoms with Gasteiger partial charge in [0.15, 0.2) is 5.65 Å². The second-order valence-corrected chi connectivity index (χ2v) is 6.23. The van der Waals surface area contributed by atoms with Crippen molar-refractivity contribution >= 4 is 28.7 Å². The fraction of sp³-hybridized carbons (Fsp3) is 0.263. The van der Waals surface area contributed by atoms with Crippen LogP contribution in [0.25, 0.3) is 22.4 Å². The van der Waals surface area contributed by atoms with Crippen molar-refractivity contribution in [3.8, 4) is 17.0 Å². The number of carbonyl (C=O) groups excluding carboxylic acids is 1. The van der Waals surface area contributed by atoms with Crippen LogP contribution in [0.1, 0.15) is 6.92 Å². The first-order valence-electron chi connectivity index (χ1n) is 8.81. The van der Waals surface area contributed by atoms with Gasteiger partial charge in [-0.3, -0.25) is 10.3 Å². The number of urea groups is 1. The Morgan fingerprint density at radius 2 is 2.15 bits per heavy atom. The molecule has 0 unspecified atom stereocenters. The van der Waals surface area contributed by atoms with Crippen molar-refractivity contribution < 1.29 is 9.53 Å². The molecule has 0 fully saturated rings. The normalized spacial score (nSPS) is 13.0. The molecule has 8 nitrogen and oxygen atoms in total. The molecule has 2 aromatic heterocycles. The fourth-order valence-corrected chi connectivity index (χ4v) is 2.94. The summed E-state index contributed by atoms with van der Waals surface area (Å²) in [6, 6.07) is 9.15. The van der Waals surface area contributed by atoms with E-state index in [0.717, 1.165) is 23.5 Å². The summed E-state index contributed by atoms with van der Waals surface area (Å²) >= 11 is 0. The Hall–Kier alpha value is -3.42. The van der Waals surface area contributed by atoms with Crippen LogP contribution in [0, 0.1) is 0 Å². The van der Waals surface area contributed by atoms with E-state index in [4.69, 9.17) is 4.74 Å². The number of nitrogens with zero attached hydrogens (tertiary/aromatic N) is 4. The number of likely N-dealkylation sites (N-methyl/N-ethyl adjacent to an activating group) is 1. The number of aromatic nitrogens is 3. The average Bonchev–Trinajstić information content (AvgIpc) is 2.68. The number of rotatable bonds is 3. The molecule has 2 amide bonds. The zero-order valence-corrected chi connectivity index (χ0v) is 15.2. The van der Waals surface area contributed by atoms with Crippen molar-refractivity contribution in [2.75, 3.05) is 37.0 Å². The van der Waals surface area contributed by atoms with Crippen molar-refractivity contribution in [2.24, 2.45) is 0 Å². The highest BCUT2D eigenvalue weighted by atomic mass is 16.5. The number of hydrogen-bond acceptors (Lipinski definition) is 6. The quantitative estimate of drug-likeness (QED) is 0.742. The van der Waals surface area contributed by atoms with Crippen LogP contribution in [-0.4, -0.2) is 47.7 Å². The summed E-state index contributed by atoms with van der Waals surface area (Å²) in [6.45, 7) is 3.92. The first kappa shape index (κ1) is 17.0. The van der Waals surface area contributed by atoms with E-state index in [-0.39, 0.29) is 6.03 Å². The predicted molar refractivity (Wildman–Crippen MR) is 104 cm³/mol. The number of nitrogens with one attached hydrogen (secondary N) is 2. The Morgan fingerprint density at radius 1 is 1.26 bits per heavy atom. The number of pyridine rings is 1. The maximum atomic E-state index is 11.7. The molecule has 3 heterocycles. The lowest BCUT2D eigenvalue weighted by molar-refractivity contribution is 0.252. The molecular formula is C19H20N6O2. The third-order valence-corrected chi connectivity index (χ3v) is 4.34. The smallest absolute Gasteiger partial charge is 0.320 e. The molecule has 0 atom stereocenters. The average molecular weight is 364 g/mol. The van der Waals surface area contributed by atoms with Crippen LogP contribution in [0.5, 0.6) is 5.75 Å². The minimum Gasteiger partial charge on any atom is -0.490 e. The molecule has 138 valence electrons. The minimum absolute atomic E-state index is 0.300. The summed E-state index contributed by atoms with van der Waals surface area (Å²) in [4.78, 5) is 27.3. The maximum absolute atomic E-state index is 11.7. The Kier molecular flexibility index (Phi) is 4.45. The van der Waals surface area contributed by atoms with Gasteiger partial charge in [-0.25, -0.2) is 14.8 Å². The first-order chi connectivity index (χ1) is 13.1. The number of ether oxygens (including phenoxy) is 1. The molecule has 0 saturated carbocycles. The SMILES string of the molecule is CCNC(=O)Nc1ccc2ncc(-c3ccc4c(c3)N(C)CCO4)nc2n1. The molecule has 4 rings (SSSR count). The third-order valence-electron chi connectivity index (χ3n) is 4.34. The molecule has 0 spiro atoms. The number of hydrogen-bond donors (Lipinski definition) is 2. The van der Waals surface area contributed by atoms with Crippen LogP contribution < -0.4 is 20.3 Å². The Balaban J connectivity index is 1.68. The van der Waals surface area contributed by atoms with Crippen molar-refractivity contribution in [3.63, 3.8) is 0 Å². The van der Waals surface area contributed by atoms with E-state index < -0.39 is 0 Å². The monoisotopic (exact) mass is 364 g/mol. The Bertz CT molecular complexity index is 1010. The number of anilines is 2. The van der Waals surface area contributed by atoms with E-state index in [0.29, 0.717) is 35.8 Å². The predicted octanol–water partition coefficient (Wildman–Crippen LogP) is 2.66. The molecule has 27 heavy (non-hydrogen) atoms. The summed E-state index contributed by atoms with van der Waals surface area (Å²) in [6.07, 6.45) is 1.73. The summed E-state index contributed by atoms with van der Waals surface area (Å²) < 4.78 is 5.69. The third kappa shape index (κ3) is 3.46. The van der Waals surface area contributed by atoms with E-state index in [9.17, 15) is 4.79 Å². The minimum atomic E-state index is -0.300. The van der Waals surface area contributed by atoms with E-state index in [2.05, 4.69) is 30.5 Å². The molecule has 0 radical (unpaired) electrons. The van der Waals surface area contributed by atoms with Gasteiger partial charge < -0.3 is 15.0 Å². The van der Waals surface area contributed by atoms with Crippen LogP contribution in [-0.2, 0) is 0 Å². The molecule has 1 aliphatic heterocycles. The van der Waals surface area contributed by atoms with Crippen molar-refractivity contribution in [3.05, 3.63) is 36.5 Å². The molecule has 1 aliphatic rings. The van der Waals surface area contributed by atoms with Crippen molar-refractivity contribution in [1.29, 1.82) is 0 Å². The van der Waals surface area contributed by atoms with Gasteiger partial charge in [-0.05, 0) is 37.3 Å². The molecule has 3 aromatic rings. The lowest BCUT2D eigenvalue weighted by atomic mass is 10.1. The zero-order chi connectivity index (χ0) is 18.8. The van der Waals surface area contributed by atoms with Crippen molar-refractivity contribution in [2.45, 2.75) is 6.92 Å². The molecule has 0 bridgehead atoms. The van der Waals surface area contributed by atoms with Gasteiger partial charge in [-0.2, -0.15) is 0 Å². The van der Waals surface area contributed by atoms with Gasteiger partial charge in [0.25, 0.3) is 0 Å². The highest BCUT2D eigenvalue weighted by molar-refractivity contribution is 5.89. The fourth-order valence-electron chi connectivity index (χ4n) is 2.94. The van der Waals surface area contributed by atoms with E-state index in [1.807, 2.05) is 32.2 Å². The largest absolute Gasteiger partial charge is 0.490 e. The lowest BCUT2D eigenvalue weighted by Crippen LogP contribution is -2.28. The number of benzene rings is 1. The summed E-state index contributed by atoms with van der Waals surface area (Å²) in [5.41, 5.74) is 3.82. The number of carbonyl (C=O) groups is 1. The zero-order valence-electron chi connectivity index (χ0n) is 15.2. The van der Waals surface area contributed by atoms with Crippen molar-refractivity contribution in [1.82, 2.24) is 20.3 Å². The van der Waals surface area contributed by atoms with Gasteiger partial charge >= 0.3 is 6.03 Å². The summed E-state index contributed by atoms with van der Waals surface area (Å²) in [7, 11) is 2.04. The van der Waals surface area contributed by atoms with Gasteiger partial charge in [-0.15, -0.1) is 0 Å². The molecular weight excluding hydrogens is 344 g/mol. The first-order valence-corrected chi connectivity index (χ1v) is 8.81. The van der Waals surface area contributed by atoms with Crippen LogP contribution in [0.4, 0.5) is 16.3 Å². The topological polar surface area (TPSA) is 92.3 Å². The van der Waals surface area contributed by atoms with Gasteiger partial charge in [0, 0.05) is 19.2 Å². The highest BCUT2D eigenvalue weighted by Gasteiger charge is 2.16. The van der Waals surface area contributed by atoms with E-state index in [1.165, 1.54) is 0 Å². The Morgan fingerprint density at radius 3 is 3.00 bits per heavy atom. The van der Waals surface area contributed by atoms with Crippen LogP contribution in [0.3, 0.4) is 0 Å². The highest BCUT2D eigenvalue weighted by Crippen LogP contribution is 2.34. The van der Waals surface area contributed by atoms with Crippen LogP contribution in [0.15, 0.2) is 36.5 Å². The molecule has 0 saturated heterocycles. The maximum Gasteiger partial charge on any atom is 0.320 e. The molecule has 2 N–H and O–H groups in total. The van der Waals surface area contributed by atoms with Gasteiger partial charge in [0.1, 0.15) is 23.7 Å². The number of amides is 2. The molecule has 8 heteroatoms. The van der Waals surface area contributed by atoms with E-state index in [1.54, 1.807) is 18.3 Å². The summed E-state index contributed by atoms with van der Waals surface area (Å²) in [5, 5.41) is 5.36. The second kappa shape index (κ2) is 7.06. The molecule has 0 aliphatic carbocycles. The van der Waals surface area contributed by atoms with E-state index >= 15 is 0 Å². The molecule has 1 aromatic carbocycles. The van der Waals surface area contributed by atoms with Crippen LogP contribution >= 0.6 is 0 Å². The van der Waals surface area contributed by atoms with Gasteiger partial charge in [0.05, 0.1) is 24.1 Å².